The lowest BCUT2D eigenvalue weighted by Gasteiger charge is -2.22. The number of aryl methyl sites for hydroxylation is 1. The van der Waals surface area contributed by atoms with Crippen molar-refractivity contribution in [3.05, 3.63) is 29.1 Å². The van der Waals surface area contributed by atoms with E-state index in [2.05, 4.69) is 0 Å². The first-order valence-corrected chi connectivity index (χ1v) is 5.67. The standard InChI is InChI=1S/C13H20FNO/c1-8(2)10(6-7-15)12-11(16)5-4-9(3)13(12)14/h4-5,8,10,16H,6-7,15H2,1-3H3. The first-order chi connectivity index (χ1) is 7.49. The molecule has 1 rings (SSSR count). The fourth-order valence-corrected chi connectivity index (χ4v) is 2.04. The second-order valence-corrected chi connectivity index (χ2v) is 4.56. The Morgan fingerprint density at radius 2 is 2.00 bits per heavy atom. The molecule has 1 aromatic carbocycles. The smallest absolute Gasteiger partial charge is 0.133 e. The van der Waals surface area contributed by atoms with Gasteiger partial charge in [-0.1, -0.05) is 19.9 Å². The van der Waals surface area contributed by atoms with Crippen LogP contribution in [-0.4, -0.2) is 11.7 Å². The SMILES string of the molecule is Cc1ccc(O)c(C(CCN)C(C)C)c1F. The second kappa shape index (κ2) is 5.30. The monoisotopic (exact) mass is 225 g/mol. The molecule has 1 atom stereocenters. The van der Waals surface area contributed by atoms with Crippen LogP contribution in [0.25, 0.3) is 0 Å². The summed E-state index contributed by atoms with van der Waals surface area (Å²) >= 11 is 0. The number of aromatic hydroxyl groups is 1. The minimum absolute atomic E-state index is 0.0232. The lowest BCUT2D eigenvalue weighted by atomic mass is 9.84. The molecule has 0 saturated heterocycles. The van der Waals surface area contributed by atoms with Crippen LogP contribution in [0.2, 0.25) is 0 Å². The van der Waals surface area contributed by atoms with Crippen LogP contribution in [0.1, 0.15) is 37.3 Å². The van der Waals surface area contributed by atoms with Gasteiger partial charge in [0.15, 0.2) is 0 Å². The van der Waals surface area contributed by atoms with Crippen molar-refractivity contribution in [2.24, 2.45) is 11.7 Å². The van der Waals surface area contributed by atoms with Crippen molar-refractivity contribution in [2.75, 3.05) is 6.54 Å². The molecule has 0 heterocycles. The van der Waals surface area contributed by atoms with Crippen molar-refractivity contribution in [2.45, 2.75) is 33.1 Å². The third kappa shape index (κ3) is 2.53. The fraction of sp³-hybridized carbons (Fsp3) is 0.538. The summed E-state index contributed by atoms with van der Waals surface area (Å²) in [5, 5.41) is 9.78. The summed E-state index contributed by atoms with van der Waals surface area (Å²) in [4.78, 5) is 0. The van der Waals surface area contributed by atoms with E-state index in [0.717, 1.165) is 0 Å². The number of nitrogens with two attached hydrogens (primary N) is 1. The van der Waals surface area contributed by atoms with Gasteiger partial charge in [-0.15, -0.1) is 0 Å². The van der Waals surface area contributed by atoms with Crippen molar-refractivity contribution >= 4 is 0 Å². The summed E-state index contributed by atoms with van der Waals surface area (Å²) in [7, 11) is 0. The van der Waals surface area contributed by atoms with Crippen LogP contribution < -0.4 is 5.73 Å². The van der Waals surface area contributed by atoms with Crippen LogP contribution in [0.3, 0.4) is 0 Å². The number of benzene rings is 1. The van der Waals surface area contributed by atoms with Gasteiger partial charge < -0.3 is 10.8 Å². The lowest BCUT2D eigenvalue weighted by molar-refractivity contribution is 0.406. The Labute approximate surface area is 96.3 Å². The highest BCUT2D eigenvalue weighted by molar-refractivity contribution is 5.40. The predicted octanol–water partition coefficient (Wildman–Crippen LogP) is 2.93. The Morgan fingerprint density at radius 3 is 2.50 bits per heavy atom. The van der Waals surface area contributed by atoms with Crippen LogP contribution in [0.5, 0.6) is 5.75 Å². The first-order valence-electron chi connectivity index (χ1n) is 5.67. The Balaban J connectivity index is 3.22. The molecule has 3 heteroatoms. The molecule has 0 aromatic heterocycles. The summed E-state index contributed by atoms with van der Waals surface area (Å²) in [6.07, 6.45) is 0.686. The van der Waals surface area contributed by atoms with Gasteiger partial charge in [0, 0.05) is 5.56 Å². The molecule has 0 aliphatic heterocycles. The number of hydrogen-bond donors (Lipinski definition) is 2. The van der Waals surface area contributed by atoms with E-state index in [1.165, 1.54) is 0 Å². The summed E-state index contributed by atoms with van der Waals surface area (Å²) in [5.74, 6) is -0.0296. The summed E-state index contributed by atoms with van der Waals surface area (Å²) in [5.41, 5.74) is 6.52. The third-order valence-electron chi connectivity index (χ3n) is 3.00. The molecule has 0 aliphatic rings. The van der Waals surface area contributed by atoms with E-state index in [1.807, 2.05) is 13.8 Å². The maximum atomic E-state index is 14.0. The minimum Gasteiger partial charge on any atom is -0.508 e. The average molecular weight is 225 g/mol. The van der Waals surface area contributed by atoms with Crippen molar-refractivity contribution in [3.8, 4) is 5.75 Å². The maximum Gasteiger partial charge on any atom is 0.133 e. The van der Waals surface area contributed by atoms with E-state index >= 15 is 0 Å². The molecular weight excluding hydrogens is 205 g/mol. The molecule has 0 spiro atoms. The maximum absolute atomic E-state index is 14.0. The van der Waals surface area contributed by atoms with Gasteiger partial charge >= 0.3 is 0 Å². The molecule has 16 heavy (non-hydrogen) atoms. The number of halogens is 1. The topological polar surface area (TPSA) is 46.2 Å². The van der Waals surface area contributed by atoms with E-state index in [0.29, 0.717) is 24.1 Å². The molecule has 2 nitrogen and oxygen atoms in total. The van der Waals surface area contributed by atoms with Gasteiger partial charge in [0.25, 0.3) is 0 Å². The van der Waals surface area contributed by atoms with Gasteiger partial charge in [-0.05, 0) is 43.4 Å². The van der Waals surface area contributed by atoms with Gasteiger partial charge in [0.2, 0.25) is 0 Å². The largest absolute Gasteiger partial charge is 0.508 e. The highest BCUT2D eigenvalue weighted by Crippen LogP contribution is 2.36. The molecule has 0 aliphatic carbocycles. The molecule has 1 unspecified atom stereocenters. The molecule has 1 aromatic rings. The molecule has 90 valence electrons. The highest BCUT2D eigenvalue weighted by Gasteiger charge is 2.23. The van der Waals surface area contributed by atoms with Crippen LogP contribution in [0.4, 0.5) is 4.39 Å². The predicted molar refractivity (Wildman–Crippen MR) is 64.1 cm³/mol. The van der Waals surface area contributed by atoms with E-state index in [-0.39, 0.29) is 23.4 Å². The van der Waals surface area contributed by atoms with E-state index in [4.69, 9.17) is 5.73 Å². The number of hydrogen-bond acceptors (Lipinski definition) is 2. The Hall–Kier alpha value is -1.09. The molecule has 0 fully saturated rings. The Morgan fingerprint density at radius 1 is 1.38 bits per heavy atom. The van der Waals surface area contributed by atoms with Crippen molar-refractivity contribution in [3.63, 3.8) is 0 Å². The molecule has 0 saturated carbocycles. The van der Waals surface area contributed by atoms with Crippen molar-refractivity contribution in [1.29, 1.82) is 0 Å². The quantitative estimate of drug-likeness (QED) is 0.827. The fourth-order valence-electron chi connectivity index (χ4n) is 2.04. The lowest BCUT2D eigenvalue weighted by Crippen LogP contribution is -2.14. The van der Waals surface area contributed by atoms with Gasteiger partial charge in [0.1, 0.15) is 11.6 Å². The van der Waals surface area contributed by atoms with Gasteiger partial charge in [0.05, 0.1) is 0 Å². The second-order valence-electron chi connectivity index (χ2n) is 4.56. The number of phenolic OH excluding ortho intramolecular Hbond substituents is 1. The summed E-state index contributed by atoms with van der Waals surface area (Å²) < 4.78 is 14.0. The Bertz CT molecular complexity index is 363. The zero-order chi connectivity index (χ0) is 12.3. The van der Waals surface area contributed by atoms with Crippen LogP contribution in [0, 0.1) is 18.7 Å². The average Bonchev–Trinajstić information content (AvgIpc) is 2.22. The van der Waals surface area contributed by atoms with Crippen molar-refractivity contribution in [1.82, 2.24) is 0 Å². The van der Waals surface area contributed by atoms with E-state index in [9.17, 15) is 9.50 Å². The van der Waals surface area contributed by atoms with E-state index < -0.39 is 0 Å². The molecule has 0 amide bonds. The van der Waals surface area contributed by atoms with Crippen LogP contribution >= 0.6 is 0 Å². The Kier molecular flexibility index (Phi) is 4.30. The third-order valence-corrected chi connectivity index (χ3v) is 3.00. The normalized spacial score (nSPS) is 13.1. The zero-order valence-corrected chi connectivity index (χ0v) is 10.1. The molecular formula is C13H20FNO. The van der Waals surface area contributed by atoms with Crippen LogP contribution in [0.15, 0.2) is 12.1 Å². The number of rotatable bonds is 4. The zero-order valence-electron chi connectivity index (χ0n) is 10.1. The van der Waals surface area contributed by atoms with Crippen LogP contribution in [-0.2, 0) is 0 Å². The van der Waals surface area contributed by atoms with Gasteiger partial charge in [-0.25, -0.2) is 4.39 Å². The first kappa shape index (κ1) is 13.0. The summed E-state index contributed by atoms with van der Waals surface area (Å²) in [6.45, 7) is 6.23. The van der Waals surface area contributed by atoms with E-state index in [1.54, 1.807) is 19.1 Å². The van der Waals surface area contributed by atoms with Gasteiger partial charge in [-0.3, -0.25) is 0 Å². The summed E-state index contributed by atoms with van der Waals surface area (Å²) in [6, 6.07) is 3.15. The molecule has 0 radical (unpaired) electrons. The van der Waals surface area contributed by atoms with Crippen molar-refractivity contribution < 1.29 is 9.50 Å². The molecule has 0 bridgehead atoms. The van der Waals surface area contributed by atoms with Gasteiger partial charge in [-0.2, -0.15) is 0 Å². The molecule has 3 N–H and O–H groups in total. The number of phenols is 1. The highest BCUT2D eigenvalue weighted by atomic mass is 19.1. The minimum atomic E-state index is -0.299.